The van der Waals surface area contributed by atoms with Crippen LogP contribution >= 0.6 is 0 Å². The van der Waals surface area contributed by atoms with E-state index in [1.54, 1.807) is 32.4 Å². The first-order chi connectivity index (χ1) is 8.74. The Morgan fingerprint density at radius 3 is 2.50 bits per heavy atom. The van der Waals surface area contributed by atoms with Crippen molar-refractivity contribution < 1.29 is 24.1 Å². The molecule has 0 bridgehead atoms. The van der Waals surface area contributed by atoms with Crippen LogP contribution in [0.25, 0.3) is 0 Å². The van der Waals surface area contributed by atoms with Crippen molar-refractivity contribution in [2.75, 3.05) is 27.4 Å². The van der Waals surface area contributed by atoms with E-state index < -0.39 is 6.10 Å². The number of hydrogen-bond acceptors (Lipinski definition) is 5. The lowest BCUT2D eigenvalue weighted by atomic mass is 10.1. The fraction of sp³-hybridized carbons (Fsp3) is 0.538. The fourth-order valence-corrected chi connectivity index (χ4v) is 1.92. The Balaban J connectivity index is 2.06. The molecule has 5 nitrogen and oxygen atoms in total. The van der Waals surface area contributed by atoms with Gasteiger partial charge >= 0.3 is 0 Å². The highest BCUT2D eigenvalue weighted by Gasteiger charge is 2.21. The van der Waals surface area contributed by atoms with Crippen LogP contribution in [0.3, 0.4) is 0 Å². The molecule has 0 radical (unpaired) electrons. The van der Waals surface area contributed by atoms with E-state index in [-0.39, 0.29) is 6.29 Å². The van der Waals surface area contributed by atoms with Crippen molar-refractivity contribution in [2.24, 2.45) is 0 Å². The molecule has 0 spiro atoms. The van der Waals surface area contributed by atoms with Gasteiger partial charge in [-0.15, -0.1) is 0 Å². The van der Waals surface area contributed by atoms with E-state index >= 15 is 0 Å². The second kappa shape index (κ2) is 6.04. The zero-order chi connectivity index (χ0) is 13.0. The van der Waals surface area contributed by atoms with Gasteiger partial charge in [0.2, 0.25) is 0 Å². The normalized spacial score (nSPS) is 17.7. The summed E-state index contributed by atoms with van der Waals surface area (Å²) in [6.45, 7) is 1.17. The molecule has 1 aromatic rings. The van der Waals surface area contributed by atoms with E-state index in [1.165, 1.54) is 0 Å². The number of aliphatic hydroxyl groups excluding tert-OH is 1. The minimum atomic E-state index is -0.645. The SMILES string of the molecule is COc1ccc(C(O)CC2OCCO2)cc1OC. The third-order valence-corrected chi connectivity index (χ3v) is 2.90. The van der Waals surface area contributed by atoms with Crippen molar-refractivity contribution in [3.8, 4) is 11.5 Å². The molecule has 0 aromatic heterocycles. The topological polar surface area (TPSA) is 57.2 Å². The van der Waals surface area contributed by atoms with Crippen LogP contribution in [0.4, 0.5) is 0 Å². The van der Waals surface area contributed by atoms with Crippen LogP contribution in [-0.2, 0) is 9.47 Å². The van der Waals surface area contributed by atoms with Gasteiger partial charge in [-0.2, -0.15) is 0 Å². The largest absolute Gasteiger partial charge is 0.493 e. The molecule has 100 valence electrons. The highest BCUT2D eigenvalue weighted by Crippen LogP contribution is 2.31. The molecule has 1 aliphatic rings. The predicted molar refractivity (Wildman–Crippen MR) is 64.8 cm³/mol. The molecule has 1 fully saturated rings. The lowest BCUT2D eigenvalue weighted by Gasteiger charge is -2.16. The summed E-state index contributed by atoms with van der Waals surface area (Å²) in [5.41, 5.74) is 0.756. The minimum absolute atomic E-state index is 0.326. The molecule has 2 rings (SSSR count). The van der Waals surface area contributed by atoms with Gasteiger partial charge in [0.1, 0.15) is 0 Å². The zero-order valence-corrected chi connectivity index (χ0v) is 10.6. The van der Waals surface area contributed by atoms with E-state index in [2.05, 4.69) is 0 Å². The van der Waals surface area contributed by atoms with Gasteiger partial charge in [-0.3, -0.25) is 0 Å². The van der Waals surface area contributed by atoms with Crippen molar-refractivity contribution in [3.05, 3.63) is 23.8 Å². The summed E-state index contributed by atoms with van der Waals surface area (Å²) in [7, 11) is 3.14. The lowest BCUT2D eigenvalue weighted by molar-refractivity contribution is -0.0708. The van der Waals surface area contributed by atoms with Crippen LogP contribution in [0, 0.1) is 0 Å². The summed E-state index contributed by atoms with van der Waals surface area (Å²) in [5.74, 6) is 1.24. The van der Waals surface area contributed by atoms with Gasteiger partial charge in [0.05, 0.1) is 33.5 Å². The zero-order valence-electron chi connectivity index (χ0n) is 10.6. The summed E-state index contributed by atoms with van der Waals surface area (Å²) in [6.07, 6.45) is -0.559. The molecule has 0 amide bonds. The maximum Gasteiger partial charge on any atom is 0.161 e. The Morgan fingerprint density at radius 2 is 1.89 bits per heavy atom. The van der Waals surface area contributed by atoms with E-state index in [0.717, 1.165) is 5.56 Å². The highest BCUT2D eigenvalue weighted by atomic mass is 16.7. The Labute approximate surface area is 106 Å². The van der Waals surface area contributed by atoms with Gasteiger partial charge in [0.25, 0.3) is 0 Å². The van der Waals surface area contributed by atoms with Crippen LogP contribution in [0.1, 0.15) is 18.1 Å². The summed E-state index contributed by atoms with van der Waals surface area (Å²) in [6, 6.07) is 5.34. The first kappa shape index (κ1) is 13.1. The molecule has 1 N–H and O–H groups in total. The predicted octanol–water partition coefficient (Wildman–Crippen LogP) is 1.50. The van der Waals surface area contributed by atoms with Crippen LogP contribution in [0.15, 0.2) is 18.2 Å². The number of rotatable bonds is 5. The molecule has 1 unspecified atom stereocenters. The second-order valence-corrected chi connectivity index (χ2v) is 4.04. The number of methoxy groups -OCH3 is 2. The molecule has 5 heteroatoms. The fourth-order valence-electron chi connectivity index (χ4n) is 1.92. The summed E-state index contributed by atoms with van der Waals surface area (Å²) >= 11 is 0. The molecular formula is C13H18O5. The van der Waals surface area contributed by atoms with E-state index in [1.807, 2.05) is 0 Å². The third kappa shape index (κ3) is 2.93. The summed E-state index contributed by atoms with van der Waals surface area (Å²) < 4.78 is 21.0. The smallest absolute Gasteiger partial charge is 0.161 e. The van der Waals surface area contributed by atoms with Gasteiger partial charge in [0, 0.05) is 6.42 Å². The Hall–Kier alpha value is -1.30. The standard InChI is InChI=1S/C13H18O5/c1-15-11-4-3-9(7-12(11)16-2)10(14)8-13-17-5-6-18-13/h3-4,7,10,13-14H,5-6,8H2,1-2H3. The average molecular weight is 254 g/mol. The summed E-state index contributed by atoms with van der Waals surface area (Å²) in [4.78, 5) is 0. The van der Waals surface area contributed by atoms with Crippen molar-refractivity contribution in [1.82, 2.24) is 0 Å². The quantitative estimate of drug-likeness (QED) is 0.863. The maximum atomic E-state index is 10.1. The monoisotopic (exact) mass is 254 g/mol. The van der Waals surface area contributed by atoms with Crippen LogP contribution < -0.4 is 9.47 Å². The molecule has 1 aromatic carbocycles. The first-order valence-electron chi connectivity index (χ1n) is 5.87. The van der Waals surface area contributed by atoms with Gasteiger partial charge in [0.15, 0.2) is 17.8 Å². The Morgan fingerprint density at radius 1 is 1.22 bits per heavy atom. The molecule has 0 aliphatic carbocycles. The van der Waals surface area contributed by atoms with Crippen LogP contribution in [0.5, 0.6) is 11.5 Å². The second-order valence-electron chi connectivity index (χ2n) is 4.04. The number of hydrogen-bond donors (Lipinski definition) is 1. The van der Waals surface area contributed by atoms with Gasteiger partial charge in [-0.25, -0.2) is 0 Å². The number of aliphatic hydroxyl groups is 1. The van der Waals surface area contributed by atoms with Gasteiger partial charge in [-0.05, 0) is 17.7 Å². The minimum Gasteiger partial charge on any atom is -0.493 e. The lowest BCUT2D eigenvalue weighted by Crippen LogP contribution is -2.13. The third-order valence-electron chi connectivity index (χ3n) is 2.90. The van der Waals surface area contributed by atoms with E-state index in [0.29, 0.717) is 31.1 Å². The van der Waals surface area contributed by atoms with E-state index in [4.69, 9.17) is 18.9 Å². The summed E-state index contributed by atoms with van der Waals surface area (Å²) in [5, 5.41) is 10.1. The van der Waals surface area contributed by atoms with Crippen LogP contribution in [0.2, 0.25) is 0 Å². The van der Waals surface area contributed by atoms with Crippen molar-refractivity contribution in [3.63, 3.8) is 0 Å². The molecule has 1 atom stereocenters. The van der Waals surface area contributed by atoms with Crippen molar-refractivity contribution in [1.29, 1.82) is 0 Å². The van der Waals surface area contributed by atoms with Crippen molar-refractivity contribution >= 4 is 0 Å². The molecule has 1 saturated heterocycles. The maximum absolute atomic E-state index is 10.1. The molecular weight excluding hydrogens is 236 g/mol. The Bertz CT molecular complexity index is 387. The molecule has 0 saturated carbocycles. The average Bonchev–Trinajstić information content (AvgIpc) is 2.90. The van der Waals surface area contributed by atoms with Crippen molar-refractivity contribution in [2.45, 2.75) is 18.8 Å². The highest BCUT2D eigenvalue weighted by molar-refractivity contribution is 5.43. The molecule has 18 heavy (non-hydrogen) atoms. The molecule has 1 aliphatic heterocycles. The van der Waals surface area contributed by atoms with Gasteiger partial charge in [-0.1, -0.05) is 6.07 Å². The number of benzene rings is 1. The van der Waals surface area contributed by atoms with Crippen LogP contribution in [-0.4, -0.2) is 38.8 Å². The number of ether oxygens (including phenoxy) is 4. The van der Waals surface area contributed by atoms with Gasteiger partial charge < -0.3 is 24.1 Å². The Kier molecular flexibility index (Phi) is 4.41. The van der Waals surface area contributed by atoms with E-state index in [9.17, 15) is 5.11 Å². The first-order valence-corrected chi connectivity index (χ1v) is 5.87. The molecule has 1 heterocycles.